The lowest BCUT2D eigenvalue weighted by Crippen LogP contribution is -2.02. The highest BCUT2D eigenvalue weighted by Crippen LogP contribution is 2.09. The number of benzene rings is 1. The van der Waals surface area contributed by atoms with Gasteiger partial charge < -0.3 is 11.1 Å². The number of hydrogen-bond donors (Lipinski definition) is 2. The summed E-state index contributed by atoms with van der Waals surface area (Å²) in [4.78, 5) is 4.14. The van der Waals surface area contributed by atoms with Crippen molar-refractivity contribution >= 4 is 11.6 Å². The molecule has 0 fully saturated rings. The van der Waals surface area contributed by atoms with Crippen LogP contribution in [0.25, 0.3) is 0 Å². The van der Waals surface area contributed by atoms with Gasteiger partial charge in [0.25, 0.3) is 0 Å². The number of nitriles is 1. The van der Waals surface area contributed by atoms with Gasteiger partial charge in [-0.3, -0.25) is 0 Å². The molecule has 0 spiro atoms. The van der Waals surface area contributed by atoms with E-state index in [1.165, 1.54) is 0 Å². The molecule has 0 radical (unpaired) electrons. The smallest absolute Gasteiger partial charge is 0.128 e. The third kappa shape index (κ3) is 2.95. The van der Waals surface area contributed by atoms with Crippen LogP contribution in [0.5, 0.6) is 0 Å². The summed E-state index contributed by atoms with van der Waals surface area (Å²) in [6, 6.07) is 15.0. The molecule has 2 aromatic rings. The average Bonchev–Trinajstić information content (AvgIpc) is 2.37. The van der Waals surface area contributed by atoms with E-state index in [1.807, 2.05) is 24.3 Å². The zero-order chi connectivity index (χ0) is 12.1. The molecule has 3 N–H and O–H groups in total. The molecule has 0 saturated carbocycles. The Balaban J connectivity index is 2.00. The first-order chi connectivity index (χ1) is 8.28. The van der Waals surface area contributed by atoms with Crippen LogP contribution < -0.4 is 11.1 Å². The monoisotopic (exact) mass is 224 g/mol. The van der Waals surface area contributed by atoms with Gasteiger partial charge in [-0.15, -0.1) is 0 Å². The van der Waals surface area contributed by atoms with Crippen molar-refractivity contribution in [3.8, 4) is 6.07 Å². The average molecular weight is 224 g/mol. The molecule has 1 aromatic heterocycles. The summed E-state index contributed by atoms with van der Waals surface area (Å²) in [5.41, 5.74) is 7.33. The van der Waals surface area contributed by atoms with Gasteiger partial charge in [-0.05, 0) is 29.8 Å². The van der Waals surface area contributed by atoms with Gasteiger partial charge in [0.05, 0.1) is 11.6 Å². The van der Waals surface area contributed by atoms with Gasteiger partial charge in [0.15, 0.2) is 0 Å². The predicted molar refractivity (Wildman–Crippen MR) is 67.1 cm³/mol. The summed E-state index contributed by atoms with van der Waals surface area (Å²) >= 11 is 0. The molecule has 0 aliphatic heterocycles. The summed E-state index contributed by atoms with van der Waals surface area (Å²) < 4.78 is 0. The van der Waals surface area contributed by atoms with E-state index in [-0.39, 0.29) is 0 Å². The van der Waals surface area contributed by atoms with E-state index in [2.05, 4.69) is 16.4 Å². The second-order valence-corrected chi connectivity index (χ2v) is 3.61. The Morgan fingerprint density at radius 1 is 1.18 bits per heavy atom. The molecule has 4 heteroatoms. The molecular formula is C13H12N4. The Labute approximate surface area is 99.7 Å². The third-order valence-electron chi connectivity index (χ3n) is 2.33. The van der Waals surface area contributed by atoms with Crippen molar-refractivity contribution in [1.29, 1.82) is 5.26 Å². The van der Waals surface area contributed by atoms with Gasteiger partial charge in [-0.25, -0.2) is 4.98 Å². The molecule has 17 heavy (non-hydrogen) atoms. The third-order valence-corrected chi connectivity index (χ3v) is 2.33. The highest BCUT2D eigenvalue weighted by molar-refractivity contribution is 5.43. The van der Waals surface area contributed by atoms with Crippen LogP contribution in [0.2, 0.25) is 0 Å². The lowest BCUT2D eigenvalue weighted by atomic mass is 10.1. The standard InChI is InChI=1S/C13H12N4/c14-8-10-4-6-11(7-5-10)9-16-13-3-1-2-12(15)17-13/h1-7H,9H2,(H3,15,16,17). The maximum absolute atomic E-state index is 8.68. The molecule has 0 bridgehead atoms. The highest BCUT2D eigenvalue weighted by atomic mass is 15.0. The van der Waals surface area contributed by atoms with Crippen molar-refractivity contribution in [1.82, 2.24) is 4.98 Å². The van der Waals surface area contributed by atoms with E-state index in [0.29, 0.717) is 17.9 Å². The largest absolute Gasteiger partial charge is 0.384 e. The van der Waals surface area contributed by atoms with Gasteiger partial charge in [0.2, 0.25) is 0 Å². The molecule has 0 aliphatic rings. The zero-order valence-corrected chi connectivity index (χ0v) is 9.22. The minimum atomic E-state index is 0.495. The quantitative estimate of drug-likeness (QED) is 0.837. The first kappa shape index (κ1) is 11.0. The predicted octanol–water partition coefficient (Wildman–Crippen LogP) is 2.15. The van der Waals surface area contributed by atoms with E-state index < -0.39 is 0 Å². The van der Waals surface area contributed by atoms with Gasteiger partial charge in [0.1, 0.15) is 11.6 Å². The summed E-state index contributed by atoms with van der Waals surface area (Å²) in [5.74, 6) is 1.24. The second-order valence-electron chi connectivity index (χ2n) is 3.61. The molecule has 4 nitrogen and oxygen atoms in total. The number of hydrogen-bond acceptors (Lipinski definition) is 4. The molecular weight excluding hydrogens is 212 g/mol. The van der Waals surface area contributed by atoms with Crippen LogP contribution in [0.4, 0.5) is 11.6 Å². The summed E-state index contributed by atoms with van der Waals surface area (Å²) in [7, 11) is 0. The van der Waals surface area contributed by atoms with Gasteiger partial charge in [-0.2, -0.15) is 5.26 Å². The van der Waals surface area contributed by atoms with Crippen LogP contribution in [0.3, 0.4) is 0 Å². The fourth-order valence-electron chi connectivity index (χ4n) is 1.44. The number of nitrogen functional groups attached to an aromatic ring is 1. The van der Waals surface area contributed by atoms with Crippen LogP contribution in [0.15, 0.2) is 42.5 Å². The number of nitrogens with two attached hydrogens (primary N) is 1. The molecule has 0 aliphatic carbocycles. The van der Waals surface area contributed by atoms with Crippen LogP contribution in [-0.4, -0.2) is 4.98 Å². The van der Waals surface area contributed by atoms with Crippen LogP contribution in [0.1, 0.15) is 11.1 Å². The minimum Gasteiger partial charge on any atom is -0.384 e. The van der Waals surface area contributed by atoms with Crippen molar-refractivity contribution in [2.45, 2.75) is 6.54 Å². The fourth-order valence-corrected chi connectivity index (χ4v) is 1.44. The number of nitrogens with zero attached hydrogens (tertiary/aromatic N) is 2. The van der Waals surface area contributed by atoms with E-state index >= 15 is 0 Å². The molecule has 2 rings (SSSR count). The van der Waals surface area contributed by atoms with Crippen LogP contribution >= 0.6 is 0 Å². The Morgan fingerprint density at radius 2 is 1.94 bits per heavy atom. The highest BCUT2D eigenvalue weighted by Gasteiger charge is 1.96. The fraction of sp³-hybridized carbons (Fsp3) is 0.0769. The van der Waals surface area contributed by atoms with E-state index in [9.17, 15) is 0 Å². The first-order valence-electron chi connectivity index (χ1n) is 5.23. The normalized spacial score (nSPS) is 9.59. The maximum atomic E-state index is 8.68. The summed E-state index contributed by atoms with van der Waals surface area (Å²) in [5, 5.41) is 11.8. The Hall–Kier alpha value is -2.54. The SMILES string of the molecule is N#Cc1ccc(CNc2cccc(N)n2)cc1. The van der Waals surface area contributed by atoms with Crippen molar-refractivity contribution in [3.63, 3.8) is 0 Å². The Bertz CT molecular complexity index is 540. The lowest BCUT2D eigenvalue weighted by molar-refractivity contribution is 1.11. The maximum Gasteiger partial charge on any atom is 0.128 e. The number of rotatable bonds is 3. The Morgan fingerprint density at radius 3 is 2.59 bits per heavy atom. The van der Waals surface area contributed by atoms with Crippen molar-refractivity contribution in [2.75, 3.05) is 11.1 Å². The van der Waals surface area contributed by atoms with E-state index in [4.69, 9.17) is 11.0 Å². The summed E-state index contributed by atoms with van der Waals surface area (Å²) in [6.45, 7) is 0.655. The van der Waals surface area contributed by atoms with E-state index in [0.717, 1.165) is 11.4 Å². The zero-order valence-electron chi connectivity index (χ0n) is 9.22. The minimum absolute atomic E-state index is 0.495. The lowest BCUT2D eigenvalue weighted by Gasteiger charge is -2.06. The number of nitrogens with one attached hydrogen (secondary N) is 1. The molecule has 0 atom stereocenters. The van der Waals surface area contributed by atoms with Crippen LogP contribution in [0, 0.1) is 11.3 Å². The number of anilines is 2. The van der Waals surface area contributed by atoms with Crippen molar-refractivity contribution in [3.05, 3.63) is 53.6 Å². The molecule has 0 unspecified atom stereocenters. The molecule has 1 heterocycles. The summed E-state index contributed by atoms with van der Waals surface area (Å²) in [6.07, 6.45) is 0. The van der Waals surface area contributed by atoms with Crippen LogP contribution in [-0.2, 0) is 6.54 Å². The second kappa shape index (κ2) is 4.99. The Kier molecular flexibility index (Phi) is 3.22. The van der Waals surface area contributed by atoms with Gasteiger partial charge in [0, 0.05) is 6.54 Å². The van der Waals surface area contributed by atoms with Crippen molar-refractivity contribution < 1.29 is 0 Å². The topological polar surface area (TPSA) is 74.7 Å². The molecule has 0 saturated heterocycles. The molecule has 0 amide bonds. The van der Waals surface area contributed by atoms with E-state index in [1.54, 1.807) is 18.2 Å². The molecule has 1 aromatic carbocycles. The molecule has 84 valence electrons. The van der Waals surface area contributed by atoms with Crippen molar-refractivity contribution in [2.24, 2.45) is 0 Å². The first-order valence-corrected chi connectivity index (χ1v) is 5.23. The van der Waals surface area contributed by atoms with Gasteiger partial charge >= 0.3 is 0 Å². The number of aromatic nitrogens is 1. The number of pyridine rings is 1. The van der Waals surface area contributed by atoms with Gasteiger partial charge in [-0.1, -0.05) is 18.2 Å².